The number of benzene rings is 1. The lowest BCUT2D eigenvalue weighted by Gasteiger charge is -2.60. The van der Waals surface area contributed by atoms with Crippen LogP contribution in [0, 0.1) is 5.92 Å². The molecule has 200 valence electrons. The second-order valence-electron chi connectivity index (χ2n) is 10.9. The Balaban J connectivity index is 1.36. The first-order valence-corrected chi connectivity index (χ1v) is 13.1. The number of aromatic nitrogens is 1. The predicted octanol–water partition coefficient (Wildman–Crippen LogP) is 1.19. The molecule has 5 N–H and O–H groups in total. The molecule has 5 rings (SSSR count). The Bertz CT molecular complexity index is 1080. The van der Waals surface area contributed by atoms with Crippen LogP contribution in [0.1, 0.15) is 45.1 Å². The van der Waals surface area contributed by atoms with Crippen molar-refractivity contribution in [3.63, 3.8) is 0 Å². The highest BCUT2D eigenvalue weighted by Crippen LogP contribution is 2.49. The minimum atomic E-state index is -2.14. The molecule has 3 aliphatic rings. The maximum atomic E-state index is 11.9. The minimum Gasteiger partial charge on any atom is -0.391 e. The van der Waals surface area contributed by atoms with Crippen molar-refractivity contribution in [2.45, 2.75) is 100 Å². The number of fused-ring (bicyclic) bond motifs is 3. The molecule has 1 aromatic carbocycles. The van der Waals surface area contributed by atoms with Crippen LogP contribution in [0.25, 0.3) is 10.9 Å². The van der Waals surface area contributed by atoms with E-state index in [1.807, 2.05) is 27.1 Å². The third-order valence-electron chi connectivity index (χ3n) is 8.64. The van der Waals surface area contributed by atoms with Crippen molar-refractivity contribution in [3.05, 3.63) is 36.0 Å². The van der Waals surface area contributed by atoms with Gasteiger partial charge in [-0.2, -0.15) is 0 Å². The molecular weight excluding hydrogens is 464 g/mol. The quantitative estimate of drug-likeness (QED) is 0.397. The molecule has 3 fully saturated rings. The van der Waals surface area contributed by atoms with Crippen LogP contribution in [-0.4, -0.2) is 86.3 Å². The van der Waals surface area contributed by atoms with Crippen LogP contribution in [0.2, 0.25) is 0 Å². The van der Waals surface area contributed by atoms with Crippen LogP contribution in [0.3, 0.4) is 0 Å². The van der Waals surface area contributed by atoms with Crippen molar-refractivity contribution < 1.29 is 34.6 Å². The number of aliphatic hydroxyl groups excluding tert-OH is 2. The molecule has 1 aromatic heterocycles. The van der Waals surface area contributed by atoms with E-state index >= 15 is 0 Å². The summed E-state index contributed by atoms with van der Waals surface area (Å²) in [5.74, 6) is -2.56. The van der Waals surface area contributed by atoms with Crippen LogP contribution in [0.5, 0.6) is 0 Å². The monoisotopic (exact) mass is 504 g/mol. The Morgan fingerprint density at radius 3 is 2.61 bits per heavy atom. The van der Waals surface area contributed by atoms with Gasteiger partial charge in [-0.15, -0.1) is 0 Å². The number of hydrogen-bond acceptors (Lipinski definition) is 8. The molecule has 1 aliphatic carbocycles. The summed E-state index contributed by atoms with van der Waals surface area (Å²) in [4.78, 5) is 0. The fourth-order valence-corrected chi connectivity index (χ4v) is 6.58. The molecule has 0 amide bonds. The van der Waals surface area contributed by atoms with Gasteiger partial charge in [0.05, 0.1) is 24.4 Å². The van der Waals surface area contributed by atoms with Gasteiger partial charge in [0.2, 0.25) is 12.1 Å². The van der Waals surface area contributed by atoms with Crippen molar-refractivity contribution in [1.29, 1.82) is 0 Å². The summed E-state index contributed by atoms with van der Waals surface area (Å²) in [6.45, 7) is 3.73. The normalized spacial score (nSPS) is 42.8. The molecule has 0 bridgehead atoms. The molecule has 9 heteroatoms. The lowest BCUT2D eigenvalue weighted by Crippen LogP contribution is -2.78. The van der Waals surface area contributed by atoms with Gasteiger partial charge in [-0.25, -0.2) is 0 Å². The second kappa shape index (κ2) is 9.63. The Kier molecular flexibility index (Phi) is 6.97. The van der Waals surface area contributed by atoms with Crippen LogP contribution >= 0.6 is 0 Å². The SMILES string of the molecule is CC[C@@H]1[C@H](O)[C@H](NC)C2O[C@]3(O)C(OC2[C@H]1O)O[C@H](C)C[C@@]3(O)CCCc1ccc2ccn(C)c2c1. The molecule has 9 nitrogen and oxygen atoms in total. The van der Waals surface area contributed by atoms with E-state index in [0.29, 0.717) is 12.8 Å². The molecule has 1 saturated carbocycles. The zero-order chi connectivity index (χ0) is 25.8. The number of aryl methyl sites for hydroxylation is 2. The Hall–Kier alpha value is -1.56. The van der Waals surface area contributed by atoms with E-state index in [4.69, 9.17) is 14.2 Å². The lowest BCUT2D eigenvalue weighted by molar-refractivity contribution is -0.485. The number of ether oxygens (including phenoxy) is 3. The van der Waals surface area contributed by atoms with Gasteiger partial charge in [-0.3, -0.25) is 0 Å². The Labute approximate surface area is 212 Å². The molecule has 3 unspecified atom stereocenters. The predicted molar refractivity (Wildman–Crippen MR) is 133 cm³/mol. The van der Waals surface area contributed by atoms with Gasteiger partial charge in [-0.05, 0) is 62.7 Å². The van der Waals surface area contributed by atoms with Crippen molar-refractivity contribution >= 4 is 10.9 Å². The van der Waals surface area contributed by atoms with Gasteiger partial charge < -0.3 is 44.5 Å². The van der Waals surface area contributed by atoms with Gasteiger partial charge in [-0.1, -0.05) is 19.1 Å². The molecule has 36 heavy (non-hydrogen) atoms. The number of hydrogen-bond donors (Lipinski definition) is 5. The zero-order valence-electron chi connectivity index (χ0n) is 21.5. The van der Waals surface area contributed by atoms with E-state index in [0.717, 1.165) is 17.5 Å². The fourth-order valence-electron chi connectivity index (χ4n) is 6.58. The number of nitrogens with one attached hydrogen (secondary N) is 1. The summed E-state index contributed by atoms with van der Waals surface area (Å²) in [5, 5.41) is 49.8. The van der Waals surface area contributed by atoms with Crippen LogP contribution in [-0.2, 0) is 27.7 Å². The third-order valence-corrected chi connectivity index (χ3v) is 8.64. The average Bonchev–Trinajstić information content (AvgIpc) is 3.20. The standard InChI is InChI=1S/C27H40N2O7/c1-5-18-21(30)20(28-3)23-24(22(18)31)35-25-27(33,36-23)26(32,14-15(2)34-25)11-6-7-16-8-9-17-10-12-29(4)19(17)13-16/h8-10,12-13,15,18,20-25,28,30-33H,5-7,11,14H2,1-4H3/t15-,18-,20+,21+,22+,23?,24?,25?,26+,27-/m1/s1. The van der Waals surface area contributed by atoms with E-state index in [1.165, 1.54) is 5.39 Å². The summed E-state index contributed by atoms with van der Waals surface area (Å²) in [6, 6.07) is 7.83. The lowest BCUT2D eigenvalue weighted by atomic mass is 9.73. The van der Waals surface area contributed by atoms with Crippen molar-refractivity contribution in [3.8, 4) is 0 Å². The smallest absolute Gasteiger partial charge is 0.248 e. The maximum absolute atomic E-state index is 11.9. The number of nitrogens with zero attached hydrogens (tertiary/aromatic N) is 1. The van der Waals surface area contributed by atoms with Crippen LogP contribution in [0.4, 0.5) is 0 Å². The topological polar surface area (TPSA) is 126 Å². The van der Waals surface area contributed by atoms with Gasteiger partial charge in [0, 0.05) is 31.1 Å². The maximum Gasteiger partial charge on any atom is 0.248 e. The van der Waals surface area contributed by atoms with Crippen LogP contribution in [0.15, 0.2) is 30.5 Å². The molecule has 0 spiro atoms. The zero-order valence-corrected chi connectivity index (χ0v) is 21.5. The first-order chi connectivity index (χ1) is 17.1. The molecule has 2 saturated heterocycles. The first-order valence-electron chi connectivity index (χ1n) is 13.1. The van der Waals surface area contributed by atoms with Gasteiger partial charge in [0.1, 0.15) is 17.8 Å². The van der Waals surface area contributed by atoms with Crippen molar-refractivity contribution in [2.75, 3.05) is 7.05 Å². The largest absolute Gasteiger partial charge is 0.391 e. The highest BCUT2D eigenvalue weighted by molar-refractivity contribution is 5.80. The molecule has 0 radical (unpaired) electrons. The fraction of sp³-hybridized carbons (Fsp3) is 0.704. The summed E-state index contributed by atoms with van der Waals surface area (Å²) in [7, 11) is 3.71. The third kappa shape index (κ3) is 4.10. The highest BCUT2D eigenvalue weighted by atomic mass is 16.8. The van der Waals surface area contributed by atoms with Crippen molar-refractivity contribution in [1.82, 2.24) is 9.88 Å². The minimum absolute atomic E-state index is 0.171. The molecule has 10 atom stereocenters. The molecular formula is C27H40N2O7. The molecule has 2 aliphatic heterocycles. The van der Waals surface area contributed by atoms with E-state index in [2.05, 4.69) is 34.1 Å². The molecule has 3 heterocycles. The van der Waals surface area contributed by atoms with E-state index in [-0.39, 0.29) is 18.9 Å². The summed E-state index contributed by atoms with van der Waals surface area (Å²) >= 11 is 0. The van der Waals surface area contributed by atoms with Gasteiger partial charge in [0.25, 0.3) is 0 Å². The van der Waals surface area contributed by atoms with E-state index in [9.17, 15) is 20.4 Å². The average molecular weight is 505 g/mol. The van der Waals surface area contributed by atoms with Crippen molar-refractivity contribution in [2.24, 2.45) is 13.0 Å². The Morgan fingerprint density at radius 2 is 1.89 bits per heavy atom. The summed E-state index contributed by atoms with van der Waals surface area (Å²) < 4.78 is 20.4. The van der Waals surface area contributed by atoms with Crippen LogP contribution < -0.4 is 5.32 Å². The summed E-state index contributed by atoms with van der Waals surface area (Å²) in [6.07, 6.45) is -0.847. The number of rotatable bonds is 6. The van der Waals surface area contributed by atoms with Gasteiger partial charge >= 0.3 is 0 Å². The second-order valence-corrected chi connectivity index (χ2v) is 10.9. The molecule has 2 aromatic rings. The highest BCUT2D eigenvalue weighted by Gasteiger charge is 2.68. The summed E-state index contributed by atoms with van der Waals surface area (Å²) in [5.41, 5.74) is 0.667. The Morgan fingerprint density at radius 1 is 1.11 bits per heavy atom. The van der Waals surface area contributed by atoms with E-state index in [1.54, 1.807) is 7.05 Å². The van der Waals surface area contributed by atoms with Gasteiger partial charge in [0.15, 0.2) is 0 Å². The first kappa shape index (κ1) is 26.1. The number of aliphatic hydroxyl groups is 4. The number of likely N-dealkylation sites (N-methyl/N-ethyl adjacent to an activating group) is 1. The van der Waals surface area contributed by atoms with E-state index < -0.39 is 54.1 Å².